The summed E-state index contributed by atoms with van der Waals surface area (Å²) >= 11 is 0. The van der Waals surface area contributed by atoms with Gasteiger partial charge in [-0.2, -0.15) is 5.10 Å². The molecule has 3 aromatic rings. The van der Waals surface area contributed by atoms with Crippen LogP contribution < -0.4 is 10.1 Å². The van der Waals surface area contributed by atoms with Crippen molar-refractivity contribution >= 4 is 0 Å². The second kappa shape index (κ2) is 7.53. The highest BCUT2D eigenvalue weighted by Gasteiger charge is 2.12. The molecule has 0 aliphatic heterocycles. The first-order valence-corrected chi connectivity index (χ1v) is 8.40. The Morgan fingerprint density at radius 1 is 1.24 bits per heavy atom. The predicted octanol–water partition coefficient (Wildman–Crippen LogP) is 3.34. The standard InChI is InChI=1S/C19H24N4O2/c1-13-9-15(3)23(21-13)12-14(2)20-11-16-10-18(22-25-16)17-7-5-6-8-19(17)24-4/h5-10,14,20H,11-12H2,1-4H3. The van der Waals surface area contributed by atoms with Gasteiger partial charge in [-0.15, -0.1) is 0 Å². The van der Waals surface area contributed by atoms with Gasteiger partial charge in [0.15, 0.2) is 5.76 Å². The van der Waals surface area contributed by atoms with Crippen LogP contribution in [-0.4, -0.2) is 28.1 Å². The maximum atomic E-state index is 5.46. The van der Waals surface area contributed by atoms with Gasteiger partial charge in [-0.3, -0.25) is 4.68 Å². The minimum atomic E-state index is 0.262. The zero-order valence-electron chi connectivity index (χ0n) is 15.1. The van der Waals surface area contributed by atoms with Gasteiger partial charge in [-0.25, -0.2) is 0 Å². The molecule has 0 aliphatic rings. The summed E-state index contributed by atoms with van der Waals surface area (Å²) in [5.41, 5.74) is 3.92. The Morgan fingerprint density at radius 3 is 2.76 bits per heavy atom. The van der Waals surface area contributed by atoms with Crippen LogP contribution in [0.4, 0.5) is 0 Å². The minimum absolute atomic E-state index is 0.262. The van der Waals surface area contributed by atoms with Crippen LogP contribution >= 0.6 is 0 Å². The molecule has 0 amide bonds. The van der Waals surface area contributed by atoms with E-state index in [1.807, 2.05) is 41.9 Å². The lowest BCUT2D eigenvalue weighted by molar-refractivity contribution is 0.356. The van der Waals surface area contributed by atoms with Crippen molar-refractivity contribution in [3.8, 4) is 17.0 Å². The summed E-state index contributed by atoms with van der Waals surface area (Å²) in [6.45, 7) is 7.64. The van der Waals surface area contributed by atoms with Crippen LogP contribution in [0.5, 0.6) is 5.75 Å². The Kier molecular flexibility index (Phi) is 5.19. The average molecular weight is 340 g/mol. The van der Waals surface area contributed by atoms with Gasteiger partial charge in [0.05, 0.1) is 25.9 Å². The quantitative estimate of drug-likeness (QED) is 0.714. The molecular weight excluding hydrogens is 316 g/mol. The summed E-state index contributed by atoms with van der Waals surface area (Å²) in [5.74, 6) is 1.58. The van der Waals surface area contributed by atoms with Gasteiger partial charge in [-0.1, -0.05) is 17.3 Å². The summed E-state index contributed by atoms with van der Waals surface area (Å²) in [6, 6.07) is 12.1. The highest BCUT2D eigenvalue weighted by atomic mass is 16.5. The number of hydrogen-bond donors (Lipinski definition) is 1. The van der Waals surface area contributed by atoms with Gasteiger partial charge in [-0.05, 0) is 39.0 Å². The fourth-order valence-corrected chi connectivity index (χ4v) is 2.84. The molecule has 1 N–H and O–H groups in total. The molecule has 132 valence electrons. The molecule has 1 unspecified atom stereocenters. The number of ether oxygens (including phenoxy) is 1. The summed E-state index contributed by atoms with van der Waals surface area (Å²) < 4.78 is 12.9. The number of hydrogen-bond acceptors (Lipinski definition) is 5. The van der Waals surface area contributed by atoms with Gasteiger partial charge in [0.25, 0.3) is 0 Å². The molecule has 0 radical (unpaired) electrons. The van der Waals surface area contributed by atoms with E-state index in [-0.39, 0.29) is 6.04 Å². The number of aromatic nitrogens is 3. The molecule has 0 fully saturated rings. The molecule has 25 heavy (non-hydrogen) atoms. The van der Waals surface area contributed by atoms with Crippen molar-refractivity contribution in [2.24, 2.45) is 0 Å². The highest BCUT2D eigenvalue weighted by molar-refractivity contribution is 5.66. The second-order valence-electron chi connectivity index (χ2n) is 6.27. The van der Waals surface area contributed by atoms with Gasteiger partial charge >= 0.3 is 0 Å². The summed E-state index contributed by atoms with van der Waals surface area (Å²) in [6.07, 6.45) is 0. The smallest absolute Gasteiger partial charge is 0.151 e. The molecule has 0 aliphatic carbocycles. The fourth-order valence-electron chi connectivity index (χ4n) is 2.84. The minimum Gasteiger partial charge on any atom is -0.496 e. The monoisotopic (exact) mass is 340 g/mol. The Morgan fingerprint density at radius 2 is 2.04 bits per heavy atom. The van der Waals surface area contributed by atoms with E-state index < -0.39 is 0 Å². The van der Waals surface area contributed by atoms with E-state index in [2.05, 4.69) is 35.5 Å². The topological polar surface area (TPSA) is 65.1 Å². The van der Waals surface area contributed by atoms with Crippen molar-refractivity contribution in [1.82, 2.24) is 20.3 Å². The Labute approximate surface area is 147 Å². The van der Waals surface area contributed by atoms with Gasteiger partial charge in [0, 0.05) is 23.4 Å². The van der Waals surface area contributed by atoms with E-state index in [9.17, 15) is 0 Å². The number of nitrogens with one attached hydrogen (secondary N) is 1. The van der Waals surface area contributed by atoms with Crippen molar-refractivity contribution in [2.45, 2.75) is 39.9 Å². The average Bonchev–Trinajstić information content (AvgIpc) is 3.19. The Balaban J connectivity index is 1.61. The van der Waals surface area contributed by atoms with E-state index in [4.69, 9.17) is 9.26 Å². The highest BCUT2D eigenvalue weighted by Crippen LogP contribution is 2.28. The lowest BCUT2D eigenvalue weighted by Crippen LogP contribution is -2.30. The SMILES string of the molecule is COc1ccccc1-c1cc(CNC(C)Cn2nc(C)cc2C)on1. The number of methoxy groups -OCH3 is 1. The van der Waals surface area contributed by atoms with Crippen LogP contribution in [0.15, 0.2) is 40.9 Å². The maximum absolute atomic E-state index is 5.46. The van der Waals surface area contributed by atoms with Crippen molar-refractivity contribution < 1.29 is 9.26 Å². The number of aryl methyl sites for hydroxylation is 2. The normalized spacial score (nSPS) is 12.3. The molecule has 1 aromatic carbocycles. The number of nitrogens with zero attached hydrogens (tertiary/aromatic N) is 3. The van der Waals surface area contributed by atoms with Crippen molar-refractivity contribution in [2.75, 3.05) is 7.11 Å². The van der Waals surface area contributed by atoms with Crippen molar-refractivity contribution in [1.29, 1.82) is 0 Å². The lowest BCUT2D eigenvalue weighted by atomic mass is 10.1. The van der Waals surface area contributed by atoms with Crippen LogP contribution in [0.2, 0.25) is 0 Å². The molecule has 1 atom stereocenters. The molecule has 6 heteroatoms. The summed E-state index contributed by atoms with van der Waals surface area (Å²) in [7, 11) is 1.65. The molecule has 0 saturated heterocycles. The van der Waals surface area contributed by atoms with E-state index in [1.165, 1.54) is 5.69 Å². The Bertz CT molecular complexity index is 838. The zero-order valence-corrected chi connectivity index (χ0v) is 15.1. The first kappa shape index (κ1) is 17.2. The van der Waals surface area contributed by atoms with E-state index >= 15 is 0 Å². The lowest BCUT2D eigenvalue weighted by Gasteiger charge is -2.13. The predicted molar refractivity (Wildman–Crippen MR) is 96.5 cm³/mol. The van der Waals surface area contributed by atoms with Crippen LogP contribution in [0, 0.1) is 13.8 Å². The van der Waals surface area contributed by atoms with Crippen molar-refractivity contribution in [3.63, 3.8) is 0 Å². The third-order valence-electron chi connectivity index (χ3n) is 4.12. The van der Waals surface area contributed by atoms with Gasteiger partial charge < -0.3 is 14.6 Å². The largest absolute Gasteiger partial charge is 0.496 e. The molecular formula is C19H24N4O2. The molecule has 0 spiro atoms. The van der Waals surface area contributed by atoms with E-state index in [0.29, 0.717) is 6.54 Å². The number of rotatable bonds is 7. The number of para-hydroxylation sites is 1. The van der Waals surface area contributed by atoms with E-state index in [1.54, 1.807) is 7.11 Å². The number of benzene rings is 1. The second-order valence-corrected chi connectivity index (χ2v) is 6.27. The van der Waals surface area contributed by atoms with E-state index in [0.717, 1.165) is 35.0 Å². The first-order chi connectivity index (χ1) is 12.1. The van der Waals surface area contributed by atoms with Gasteiger partial charge in [0.2, 0.25) is 0 Å². The molecule has 6 nitrogen and oxygen atoms in total. The zero-order chi connectivity index (χ0) is 17.8. The summed E-state index contributed by atoms with van der Waals surface area (Å²) in [5, 5.41) is 12.1. The van der Waals surface area contributed by atoms with Crippen LogP contribution in [-0.2, 0) is 13.1 Å². The molecule has 2 aromatic heterocycles. The third-order valence-corrected chi connectivity index (χ3v) is 4.12. The first-order valence-electron chi connectivity index (χ1n) is 8.40. The third kappa shape index (κ3) is 4.09. The van der Waals surface area contributed by atoms with Crippen LogP contribution in [0.25, 0.3) is 11.3 Å². The van der Waals surface area contributed by atoms with Gasteiger partial charge in [0.1, 0.15) is 11.4 Å². The fraction of sp³-hybridized carbons (Fsp3) is 0.368. The Hall–Kier alpha value is -2.60. The van der Waals surface area contributed by atoms with Crippen molar-refractivity contribution in [3.05, 3.63) is 53.5 Å². The molecule has 0 saturated carbocycles. The maximum Gasteiger partial charge on any atom is 0.151 e. The van der Waals surface area contributed by atoms with Crippen LogP contribution in [0.1, 0.15) is 24.1 Å². The molecule has 2 heterocycles. The molecule has 0 bridgehead atoms. The summed E-state index contributed by atoms with van der Waals surface area (Å²) in [4.78, 5) is 0. The van der Waals surface area contributed by atoms with Crippen LogP contribution in [0.3, 0.4) is 0 Å². The molecule has 3 rings (SSSR count).